The molecule has 1 atom stereocenters. The Morgan fingerprint density at radius 2 is 0.541 bits per heavy atom. The van der Waals surface area contributed by atoms with Crippen molar-refractivity contribution in [1.29, 1.82) is 0 Å². The molecule has 0 saturated carbocycles. The first-order chi connectivity index (χ1) is 29.7. The van der Waals surface area contributed by atoms with Crippen molar-refractivity contribution in [3.63, 3.8) is 0 Å². The van der Waals surface area contributed by atoms with E-state index in [4.69, 9.17) is 14.2 Å². The number of esters is 3. The highest BCUT2D eigenvalue weighted by Gasteiger charge is 2.19. The van der Waals surface area contributed by atoms with Crippen LogP contribution in [0.25, 0.3) is 0 Å². The van der Waals surface area contributed by atoms with E-state index in [1.165, 1.54) is 193 Å². The van der Waals surface area contributed by atoms with E-state index in [2.05, 4.69) is 34.6 Å². The maximum absolute atomic E-state index is 12.7. The fourth-order valence-corrected chi connectivity index (χ4v) is 8.34. The molecular weight excluding hydrogens is 757 g/mol. The second-order valence-corrected chi connectivity index (χ2v) is 19.8. The number of unbranched alkanes of at least 4 members (excludes halogenated alkanes) is 34. The van der Waals surface area contributed by atoms with E-state index in [-0.39, 0.29) is 31.1 Å². The lowest BCUT2D eigenvalue weighted by atomic mass is 10.0. The van der Waals surface area contributed by atoms with Crippen molar-refractivity contribution >= 4 is 17.9 Å². The standard InChI is InChI=1S/C55H106O6/c1-6-7-8-9-10-11-12-13-14-15-16-20-23-26-29-35-40-45-53(56)59-48-52(61-55(58)47-42-37-32-31-34-39-44-51(4)5)49-60-54(57)46-41-36-30-27-24-21-18-17-19-22-25-28-33-38-43-50(2)3/h50-52H,6-49H2,1-5H3/t52-/m0/s1. The number of ether oxygens (including phenoxy) is 3. The zero-order valence-electron chi connectivity index (χ0n) is 41.8. The molecular formula is C55H106O6. The van der Waals surface area contributed by atoms with Crippen LogP contribution in [0.5, 0.6) is 0 Å². The molecule has 0 aromatic heterocycles. The SMILES string of the molecule is CCCCCCCCCCCCCCCCCCCC(=O)OC[C@@H](COC(=O)CCCCCCCCCCCCCCCCC(C)C)OC(=O)CCCCCCCCC(C)C. The van der Waals surface area contributed by atoms with Gasteiger partial charge in [0.15, 0.2) is 6.10 Å². The molecule has 0 aromatic rings. The lowest BCUT2D eigenvalue weighted by molar-refractivity contribution is -0.167. The third kappa shape index (κ3) is 49.3. The second kappa shape index (κ2) is 47.9. The van der Waals surface area contributed by atoms with Crippen LogP contribution in [0.2, 0.25) is 0 Å². The topological polar surface area (TPSA) is 78.9 Å². The normalized spacial score (nSPS) is 12.0. The minimum absolute atomic E-state index is 0.0644. The zero-order chi connectivity index (χ0) is 44.7. The Bertz CT molecular complexity index is 931. The van der Waals surface area contributed by atoms with E-state index in [0.29, 0.717) is 19.3 Å². The van der Waals surface area contributed by atoms with Gasteiger partial charge in [0.1, 0.15) is 13.2 Å². The first-order valence-corrected chi connectivity index (χ1v) is 27.2. The molecule has 6 nitrogen and oxygen atoms in total. The van der Waals surface area contributed by atoms with Gasteiger partial charge in [-0.25, -0.2) is 0 Å². The van der Waals surface area contributed by atoms with Crippen LogP contribution < -0.4 is 0 Å². The molecule has 6 heteroatoms. The summed E-state index contributed by atoms with van der Waals surface area (Å²) in [6.45, 7) is 11.3. The largest absolute Gasteiger partial charge is 0.462 e. The Morgan fingerprint density at radius 3 is 0.803 bits per heavy atom. The summed E-state index contributed by atoms with van der Waals surface area (Å²) in [4.78, 5) is 37.9. The van der Waals surface area contributed by atoms with Gasteiger partial charge in [0.2, 0.25) is 0 Å². The quantitative estimate of drug-likeness (QED) is 0.0344. The maximum atomic E-state index is 12.7. The molecule has 0 aliphatic rings. The van der Waals surface area contributed by atoms with Crippen molar-refractivity contribution < 1.29 is 28.6 Å². The van der Waals surface area contributed by atoms with E-state index in [1.807, 2.05) is 0 Å². The highest BCUT2D eigenvalue weighted by molar-refractivity contribution is 5.71. The summed E-state index contributed by atoms with van der Waals surface area (Å²) in [5.41, 5.74) is 0. The Morgan fingerprint density at radius 1 is 0.311 bits per heavy atom. The Labute approximate surface area is 380 Å². The molecule has 0 fully saturated rings. The molecule has 0 spiro atoms. The molecule has 0 aliphatic heterocycles. The molecule has 0 aromatic carbocycles. The average molecular weight is 863 g/mol. The fraction of sp³-hybridized carbons (Fsp3) is 0.945. The highest BCUT2D eigenvalue weighted by Crippen LogP contribution is 2.18. The summed E-state index contributed by atoms with van der Waals surface area (Å²) in [6, 6.07) is 0. The van der Waals surface area contributed by atoms with E-state index < -0.39 is 6.10 Å². The molecule has 0 rings (SSSR count). The van der Waals surface area contributed by atoms with E-state index in [9.17, 15) is 14.4 Å². The predicted molar refractivity (Wildman–Crippen MR) is 261 cm³/mol. The van der Waals surface area contributed by atoms with Gasteiger partial charge in [-0.3, -0.25) is 14.4 Å². The van der Waals surface area contributed by atoms with Crippen LogP contribution in [0, 0.1) is 11.8 Å². The smallest absolute Gasteiger partial charge is 0.306 e. The number of hydrogen-bond acceptors (Lipinski definition) is 6. The molecule has 0 unspecified atom stereocenters. The summed E-state index contributed by atoms with van der Waals surface area (Å²) in [5.74, 6) is 0.754. The summed E-state index contributed by atoms with van der Waals surface area (Å²) in [5, 5.41) is 0. The zero-order valence-corrected chi connectivity index (χ0v) is 41.8. The van der Waals surface area contributed by atoms with Gasteiger partial charge in [0, 0.05) is 19.3 Å². The van der Waals surface area contributed by atoms with Crippen LogP contribution in [-0.2, 0) is 28.6 Å². The number of carbonyl (C=O) groups is 3. The van der Waals surface area contributed by atoms with Crippen LogP contribution in [0.15, 0.2) is 0 Å². The molecule has 362 valence electrons. The summed E-state index contributed by atoms with van der Waals surface area (Å²) < 4.78 is 16.8. The first kappa shape index (κ1) is 59.4. The summed E-state index contributed by atoms with van der Waals surface area (Å²) >= 11 is 0. The monoisotopic (exact) mass is 863 g/mol. The highest BCUT2D eigenvalue weighted by atomic mass is 16.6. The Kier molecular flexibility index (Phi) is 46.6. The van der Waals surface area contributed by atoms with Crippen molar-refractivity contribution in [2.24, 2.45) is 11.8 Å². The van der Waals surface area contributed by atoms with Gasteiger partial charge in [-0.2, -0.15) is 0 Å². The lowest BCUT2D eigenvalue weighted by Crippen LogP contribution is -2.30. The molecule has 0 bridgehead atoms. The lowest BCUT2D eigenvalue weighted by Gasteiger charge is -2.18. The van der Waals surface area contributed by atoms with Gasteiger partial charge in [-0.15, -0.1) is 0 Å². The molecule has 61 heavy (non-hydrogen) atoms. The van der Waals surface area contributed by atoms with E-state index >= 15 is 0 Å². The Hall–Kier alpha value is -1.59. The van der Waals surface area contributed by atoms with Gasteiger partial charge in [-0.05, 0) is 31.1 Å². The van der Waals surface area contributed by atoms with Crippen LogP contribution in [0.3, 0.4) is 0 Å². The fourth-order valence-electron chi connectivity index (χ4n) is 8.34. The van der Waals surface area contributed by atoms with Gasteiger partial charge in [-0.1, -0.05) is 266 Å². The van der Waals surface area contributed by atoms with Crippen molar-refractivity contribution in [2.75, 3.05) is 13.2 Å². The molecule has 0 amide bonds. The summed E-state index contributed by atoms with van der Waals surface area (Å²) in [7, 11) is 0. The summed E-state index contributed by atoms with van der Waals surface area (Å²) in [6.07, 6.45) is 49.7. The number of carbonyl (C=O) groups excluding carboxylic acids is 3. The molecule has 0 radical (unpaired) electrons. The molecule has 0 saturated heterocycles. The molecule has 0 aliphatic carbocycles. The minimum atomic E-state index is -0.762. The van der Waals surface area contributed by atoms with Gasteiger partial charge >= 0.3 is 17.9 Å². The van der Waals surface area contributed by atoms with Crippen LogP contribution in [0.1, 0.15) is 304 Å². The van der Waals surface area contributed by atoms with Crippen molar-refractivity contribution in [3.05, 3.63) is 0 Å². The maximum Gasteiger partial charge on any atom is 0.306 e. The first-order valence-electron chi connectivity index (χ1n) is 27.2. The van der Waals surface area contributed by atoms with E-state index in [1.54, 1.807) is 0 Å². The average Bonchev–Trinajstić information content (AvgIpc) is 3.23. The van der Waals surface area contributed by atoms with Crippen LogP contribution >= 0.6 is 0 Å². The van der Waals surface area contributed by atoms with Crippen LogP contribution in [0.4, 0.5) is 0 Å². The second-order valence-electron chi connectivity index (χ2n) is 19.8. The van der Waals surface area contributed by atoms with Gasteiger partial charge < -0.3 is 14.2 Å². The predicted octanol–water partition coefficient (Wildman–Crippen LogP) is 17.7. The number of rotatable bonds is 49. The van der Waals surface area contributed by atoms with Gasteiger partial charge in [0.25, 0.3) is 0 Å². The molecule has 0 N–H and O–H groups in total. The molecule has 0 heterocycles. The van der Waals surface area contributed by atoms with Crippen molar-refractivity contribution in [2.45, 2.75) is 310 Å². The number of hydrogen-bond donors (Lipinski definition) is 0. The Balaban J connectivity index is 4.21. The van der Waals surface area contributed by atoms with Crippen molar-refractivity contribution in [3.8, 4) is 0 Å². The van der Waals surface area contributed by atoms with E-state index in [0.717, 1.165) is 69.6 Å². The third-order valence-electron chi connectivity index (χ3n) is 12.5. The van der Waals surface area contributed by atoms with Crippen molar-refractivity contribution in [1.82, 2.24) is 0 Å². The van der Waals surface area contributed by atoms with Gasteiger partial charge in [0.05, 0.1) is 0 Å². The minimum Gasteiger partial charge on any atom is -0.462 e. The van der Waals surface area contributed by atoms with Crippen LogP contribution in [-0.4, -0.2) is 37.2 Å². The third-order valence-corrected chi connectivity index (χ3v) is 12.5.